The number of halogens is 1. The van der Waals surface area contributed by atoms with Gasteiger partial charge in [0.15, 0.2) is 0 Å². The van der Waals surface area contributed by atoms with Gasteiger partial charge in [0.25, 0.3) is 0 Å². The Morgan fingerprint density at radius 2 is 1.75 bits per heavy atom. The lowest BCUT2D eigenvalue weighted by atomic mass is 9.96. The van der Waals surface area contributed by atoms with Gasteiger partial charge >= 0.3 is 0 Å². The lowest BCUT2D eigenvalue weighted by Gasteiger charge is -2.11. The van der Waals surface area contributed by atoms with Gasteiger partial charge in [0, 0.05) is 22.2 Å². The molecule has 0 unspecified atom stereocenters. The van der Waals surface area contributed by atoms with E-state index in [1.54, 1.807) is 0 Å². The summed E-state index contributed by atoms with van der Waals surface area (Å²) in [5.41, 5.74) is 4.52. The Labute approximate surface area is 124 Å². The maximum absolute atomic E-state index is 6.34. The Morgan fingerprint density at radius 3 is 2.50 bits per heavy atom. The Balaban J connectivity index is 2.30. The van der Waals surface area contributed by atoms with Crippen molar-refractivity contribution in [1.82, 2.24) is 4.98 Å². The van der Waals surface area contributed by atoms with E-state index in [-0.39, 0.29) is 0 Å². The average Bonchev–Trinajstić information content (AvgIpc) is 2.46. The molecule has 0 fully saturated rings. The van der Waals surface area contributed by atoms with Crippen LogP contribution >= 0.6 is 11.6 Å². The first kappa shape index (κ1) is 13.1. The van der Waals surface area contributed by atoms with Gasteiger partial charge < -0.3 is 0 Å². The lowest BCUT2D eigenvalue weighted by molar-refractivity contribution is 0.868. The monoisotopic (exact) mass is 281 g/mol. The van der Waals surface area contributed by atoms with Gasteiger partial charge in [-0.3, -0.25) is 4.98 Å². The van der Waals surface area contributed by atoms with Crippen LogP contribution in [-0.2, 0) is 0 Å². The fraction of sp³-hybridized carbons (Fsp3) is 0.167. The fourth-order valence-electron chi connectivity index (χ4n) is 2.44. The number of fused-ring (bicyclic) bond motifs is 1. The molecule has 3 rings (SSSR count). The maximum Gasteiger partial charge on any atom is 0.0708 e. The van der Waals surface area contributed by atoms with E-state index < -0.39 is 0 Å². The quantitative estimate of drug-likeness (QED) is 0.589. The zero-order chi connectivity index (χ0) is 14.1. The van der Waals surface area contributed by atoms with Crippen LogP contribution in [0.5, 0.6) is 0 Å². The van der Waals surface area contributed by atoms with Crippen molar-refractivity contribution in [3.63, 3.8) is 0 Å². The Morgan fingerprint density at radius 1 is 0.950 bits per heavy atom. The molecule has 3 aromatic rings. The van der Waals surface area contributed by atoms with Gasteiger partial charge in [0.2, 0.25) is 0 Å². The number of hydrogen-bond acceptors (Lipinski definition) is 1. The van der Waals surface area contributed by atoms with E-state index in [0.29, 0.717) is 5.92 Å². The number of pyridine rings is 1. The van der Waals surface area contributed by atoms with Crippen molar-refractivity contribution in [3.8, 4) is 11.1 Å². The van der Waals surface area contributed by atoms with Gasteiger partial charge in [0.1, 0.15) is 0 Å². The SMILES string of the molecule is CC(C)c1ccc2nccc(-c3ccccc3Cl)c2c1. The van der Waals surface area contributed by atoms with Crippen LogP contribution in [0.1, 0.15) is 25.3 Å². The highest BCUT2D eigenvalue weighted by molar-refractivity contribution is 6.33. The van der Waals surface area contributed by atoms with Crippen LogP contribution in [0.3, 0.4) is 0 Å². The van der Waals surface area contributed by atoms with E-state index in [4.69, 9.17) is 11.6 Å². The molecule has 0 spiro atoms. The van der Waals surface area contributed by atoms with Crippen molar-refractivity contribution >= 4 is 22.5 Å². The van der Waals surface area contributed by atoms with Crippen molar-refractivity contribution in [2.45, 2.75) is 19.8 Å². The summed E-state index contributed by atoms with van der Waals surface area (Å²) in [5.74, 6) is 0.499. The van der Waals surface area contributed by atoms with Crippen molar-refractivity contribution in [3.05, 3.63) is 65.3 Å². The van der Waals surface area contributed by atoms with E-state index in [0.717, 1.165) is 27.1 Å². The molecule has 0 saturated heterocycles. The minimum atomic E-state index is 0.499. The molecular formula is C18H16ClN. The fourth-order valence-corrected chi connectivity index (χ4v) is 2.67. The molecule has 1 aromatic heterocycles. The van der Waals surface area contributed by atoms with Gasteiger partial charge in [-0.05, 0) is 41.3 Å². The molecule has 2 heteroatoms. The standard InChI is InChI=1S/C18H16ClN/c1-12(2)13-7-8-18-16(11-13)14(9-10-20-18)15-5-3-4-6-17(15)19/h3-12H,1-2H3. The van der Waals surface area contributed by atoms with E-state index in [2.05, 4.69) is 43.1 Å². The van der Waals surface area contributed by atoms with Gasteiger partial charge in [-0.15, -0.1) is 0 Å². The normalized spacial score (nSPS) is 11.2. The maximum atomic E-state index is 6.34. The van der Waals surface area contributed by atoms with Crippen molar-refractivity contribution in [2.24, 2.45) is 0 Å². The van der Waals surface area contributed by atoms with Gasteiger partial charge in [-0.25, -0.2) is 0 Å². The number of hydrogen-bond donors (Lipinski definition) is 0. The predicted octanol–water partition coefficient (Wildman–Crippen LogP) is 5.68. The van der Waals surface area contributed by atoms with E-state index >= 15 is 0 Å². The minimum Gasteiger partial charge on any atom is -0.256 e. The minimum absolute atomic E-state index is 0.499. The van der Waals surface area contributed by atoms with Crippen molar-refractivity contribution in [2.75, 3.05) is 0 Å². The van der Waals surface area contributed by atoms with Crippen LogP contribution in [0.15, 0.2) is 54.7 Å². The molecule has 0 amide bonds. The topological polar surface area (TPSA) is 12.9 Å². The highest BCUT2D eigenvalue weighted by Crippen LogP contribution is 2.33. The summed E-state index contributed by atoms with van der Waals surface area (Å²) in [6.07, 6.45) is 1.84. The van der Waals surface area contributed by atoms with E-state index in [1.165, 1.54) is 5.56 Å². The van der Waals surface area contributed by atoms with Crippen LogP contribution in [0, 0.1) is 0 Å². The van der Waals surface area contributed by atoms with Crippen molar-refractivity contribution in [1.29, 1.82) is 0 Å². The summed E-state index contributed by atoms with van der Waals surface area (Å²) < 4.78 is 0. The zero-order valence-electron chi connectivity index (χ0n) is 11.6. The second-order valence-corrected chi connectivity index (χ2v) is 5.68. The third-order valence-corrected chi connectivity index (χ3v) is 3.93. The molecule has 20 heavy (non-hydrogen) atoms. The number of benzene rings is 2. The summed E-state index contributed by atoms with van der Waals surface area (Å²) in [7, 11) is 0. The number of rotatable bonds is 2. The van der Waals surface area contributed by atoms with Crippen LogP contribution in [-0.4, -0.2) is 4.98 Å². The molecule has 2 aromatic carbocycles. The molecule has 0 aliphatic heterocycles. The molecule has 0 atom stereocenters. The average molecular weight is 282 g/mol. The van der Waals surface area contributed by atoms with Crippen LogP contribution in [0.25, 0.3) is 22.0 Å². The first-order chi connectivity index (χ1) is 9.66. The summed E-state index contributed by atoms with van der Waals surface area (Å²) in [5, 5.41) is 1.93. The van der Waals surface area contributed by atoms with Crippen LogP contribution in [0.4, 0.5) is 0 Å². The van der Waals surface area contributed by atoms with Crippen LogP contribution in [0.2, 0.25) is 5.02 Å². The van der Waals surface area contributed by atoms with E-state index in [1.807, 2.05) is 30.5 Å². The smallest absolute Gasteiger partial charge is 0.0708 e. The van der Waals surface area contributed by atoms with Crippen LogP contribution < -0.4 is 0 Å². The zero-order valence-corrected chi connectivity index (χ0v) is 12.4. The van der Waals surface area contributed by atoms with Gasteiger partial charge in [-0.1, -0.05) is 49.7 Å². The third-order valence-electron chi connectivity index (χ3n) is 3.60. The second kappa shape index (κ2) is 5.26. The first-order valence-corrected chi connectivity index (χ1v) is 7.18. The highest BCUT2D eigenvalue weighted by atomic mass is 35.5. The molecule has 1 heterocycles. The largest absolute Gasteiger partial charge is 0.256 e. The summed E-state index contributed by atoms with van der Waals surface area (Å²) in [6.45, 7) is 4.40. The summed E-state index contributed by atoms with van der Waals surface area (Å²) in [6, 6.07) is 16.4. The highest BCUT2D eigenvalue weighted by Gasteiger charge is 2.09. The predicted molar refractivity (Wildman–Crippen MR) is 86.3 cm³/mol. The molecule has 0 bridgehead atoms. The Bertz CT molecular complexity index is 762. The number of nitrogens with zero attached hydrogens (tertiary/aromatic N) is 1. The van der Waals surface area contributed by atoms with Gasteiger partial charge in [-0.2, -0.15) is 0 Å². The Kier molecular flexibility index (Phi) is 3.45. The van der Waals surface area contributed by atoms with Crippen molar-refractivity contribution < 1.29 is 0 Å². The summed E-state index contributed by atoms with van der Waals surface area (Å²) >= 11 is 6.34. The van der Waals surface area contributed by atoms with Gasteiger partial charge in [0.05, 0.1) is 5.52 Å². The molecule has 0 radical (unpaired) electrons. The molecule has 0 aliphatic rings. The molecule has 1 nitrogen and oxygen atoms in total. The third kappa shape index (κ3) is 2.30. The molecular weight excluding hydrogens is 266 g/mol. The number of aromatic nitrogens is 1. The molecule has 0 saturated carbocycles. The molecule has 0 N–H and O–H groups in total. The van der Waals surface area contributed by atoms with E-state index in [9.17, 15) is 0 Å². The molecule has 100 valence electrons. The second-order valence-electron chi connectivity index (χ2n) is 5.27. The lowest BCUT2D eigenvalue weighted by Crippen LogP contribution is -1.90. The summed E-state index contributed by atoms with van der Waals surface area (Å²) in [4.78, 5) is 4.45. The molecule has 0 aliphatic carbocycles. The Hall–Kier alpha value is -1.86. The first-order valence-electron chi connectivity index (χ1n) is 6.80.